The fraction of sp³-hybridized carbons (Fsp3) is 0.207. The Balaban J connectivity index is 1.57. The lowest BCUT2D eigenvalue weighted by molar-refractivity contribution is -0.116. The lowest BCUT2D eigenvalue weighted by Crippen LogP contribution is -2.38. The molecule has 0 spiro atoms. The molecule has 3 aromatic carbocycles. The summed E-state index contributed by atoms with van der Waals surface area (Å²) in [4.78, 5) is 32.3. The van der Waals surface area contributed by atoms with Gasteiger partial charge in [0.15, 0.2) is 0 Å². The molecule has 0 unspecified atom stereocenters. The highest BCUT2D eigenvalue weighted by atomic mass is 16.5. The van der Waals surface area contributed by atoms with Crippen LogP contribution in [-0.4, -0.2) is 46.5 Å². The lowest BCUT2D eigenvalue weighted by Gasteiger charge is -2.20. The highest BCUT2D eigenvalue weighted by molar-refractivity contribution is 5.99. The summed E-state index contributed by atoms with van der Waals surface area (Å²) in [5.41, 5.74) is 5.36. The Morgan fingerprint density at radius 2 is 1.53 bits per heavy atom. The Labute approximate surface area is 211 Å². The van der Waals surface area contributed by atoms with Gasteiger partial charge in [0, 0.05) is 29.6 Å². The minimum absolute atomic E-state index is 0.0953. The summed E-state index contributed by atoms with van der Waals surface area (Å²) in [6.07, 6.45) is 1.91. The van der Waals surface area contributed by atoms with Crippen LogP contribution in [0.25, 0.3) is 16.9 Å². The van der Waals surface area contributed by atoms with E-state index in [9.17, 15) is 9.59 Å². The van der Waals surface area contributed by atoms with Crippen LogP contribution in [0, 0.1) is 13.8 Å². The first kappa shape index (κ1) is 24.7. The molecule has 7 nitrogen and oxygen atoms in total. The molecule has 36 heavy (non-hydrogen) atoms. The molecule has 0 aliphatic rings. The summed E-state index contributed by atoms with van der Waals surface area (Å²) < 4.78 is 7.02. The molecule has 2 amide bonds. The maximum atomic E-state index is 13.1. The number of aryl methyl sites for hydroxylation is 2. The van der Waals surface area contributed by atoms with Crippen molar-refractivity contribution in [2.75, 3.05) is 25.5 Å². The fourth-order valence-corrected chi connectivity index (χ4v) is 3.81. The molecule has 1 aromatic heterocycles. The quantitative estimate of drug-likeness (QED) is 0.371. The van der Waals surface area contributed by atoms with Gasteiger partial charge in [-0.15, -0.1) is 0 Å². The van der Waals surface area contributed by atoms with Crippen LogP contribution in [0.1, 0.15) is 28.4 Å². The van der Waals surface area contributed by atoms with Crippen molar-refractivity contribution in [3.63, 3.8) is 0 Å². The number of likely N-dealkylation sites (N-methyl/N-ethyl adjacent to an activating group) is 1. The minimum atomic E-state index is -0.326. The summed E-state index contributed by atoms with van der Waals surface area (Å²) in [5.74, 6) is 0.512. The Hall–Kier alpha value is -4.39. The van der Waals surface area contributed by atoms with Gasteiger partial charge in [-0.1, -0.05) is 47.5 Å². The Kier molecular flexibility index (Phi) is 7.49. The van der Waals surface area contributed by atoms with Gasteiger partial charge in [0.05, 0.1) is 12.8 Å². The van der Waals surface area contributed by atoms with Gasteiger partial charge >= 0.3 is 0 Å². The minimum Gasteiger partial charge on any atom is -0.497 e. The number of nitrogens with zero attached hydrogens (tertiary/aromatic N) is 3. The van der Waals surface area contributed by atoms with Gasteiger partial charge in [-0.3, -0.25) is 19.5 Å². The number of hydrogen-bond acceptors (Lipinski definition) is 4. The van der Waals surface area contributed by atoms with Gasteiger partial charge in [-0.05, 0) is 57.2 Å². The zero-order chi connectivity index (χ0) is 25.7. The van der Waals surface area contributed by atoms with Gasteiger partial charge in [0.2, 0.25) is 11.9 Å². The second-order valence-electron chi connectivity index (χ2n) is 8.62. The van der Waals surface area contributed by atoms with Crippen molar-refractivity contribution in [2.45, 2.75) is 20.8 Å². The predicted octanol–water partition coefficient (Wildman–Crippen LogP) is 5.27. The highest BCUT2D eigenvalue weighted by Crippen LogP contribution is 2.25. The highest BCUT2D eigenvalue weighted by Gasteiger charge is 2.20. The van der Waals surface area contributed by atoms with Crippen LogP contribution in [0.4, 0.5) is 5.95 Å². The summed E-state index contributed by atoms with van der Waals surface area (Å²) in [6, 6.07) is 22.9. The molecule has 0 atom stereocenters. The molecule has 0 aliphatic heterocycles. The molecule has 4 rings (SSSR count). The molecule has 0 bridgehead atoms. The summed E-state index contributed by atoms with van der Waals surface area (Å²) in [5, 5.41) is 2.91. The summed E-state index contributed by atoms with van der Waals surface area (Å²) in [6.45, 7) is 6.20. The number of aromatic nitrogens is 2. The second-order valence-corrected chi connectivity index (χ2v) is 8.62. The summed E-state index contributed by atoms with van der Waals surface area (Å²) in [7, 11) is 1.57. The van der Waals surface area contributed by atoms with E-state index < -0.39 is 0 Å². The molecular formula is C29H30N4O3. The van der Waals surface area contributed by atoms with E-state index in [0.29, 0.717) is 23.8 Å². The normalized spacial score (nSPS) is 10.7. The summed E-state index contributed by atoms with van der Waals surface area (Å²) >= 11 is 0. The first-order valence-electron chi connectivity index (χ1n) is 11.8. The zero-order valence-electron chi connectivity index (χ0n) is 21.0. The van der Waals surface area contributed by atoms with Crippen LogP contribution >= 0.6 is 0 Å². The first-order chi connectivity index (χ1) is 17.4. The zero-order valence-corrected chi connectivity index (χ0v) is 21.0. The number of hydrogen-bond donors (Lipinski definition) is 1. The number of ether oxygens (including phenoxy) is 1. The molecule has 1 heterocycles. The van der Waals surface area contributed by atoms with E-state index >= 15 is 0 Å². The van der Waals surface area contributed by atoms with E-state index in [0.717, 1.165) is 28.1 Å². The molecule has 0 saturated carbocycles. The van der Waals surface area contributed by atoms with Crippen molar-refractivity contribution in [1.82, 2.24) is 14.5 Å². The van der Waals surface area contributed by atoms with Crippen LogP contribution in [0.5, 0.6) is 5.75 Å². The number of benzene rings is 3. The number of anilines is 1. The maximum Gasteiger partial charge on any atom is 0.254 e. The molecule has 0 aliphatic carbocycles. The molecule has 1 N–H and O–H groups in total. The third-order valence-electron chi connectivity index (χ3n) is 5.96. The van der Waals surface area contributed by atoms with E-state index in [4.69, 9.17) is 9.72 Å². The Morgan fingerprint density at radius 3 is 2.11 bits per heavy atom. The van der Waals surface area contributed by atoms with E-state index in [-0.39, 0.29) is 18.4 Å². The van der Waals surface area contributed by atoms with Crippen LogP contribution in [-0.2, 0) is 4.79 Å². The molecular weight excluding hydrogens is 452 g/mol. The Morgan fingerprint density at radius 1 is 0.917 bits per heavy atom. The SMILES string of the molecule is CCN(CC(=O)Nc1nc(-c2ccc(C)cc2)cn1-c1ccc(C)cc1)C(=O)c1ccc(OC)cc1. The van der Waals surface area contributed by atoms with Gasteiger partial charge < -0.3 is 9.64 Å². The molecule has 0 radical (unpaired) electrons. The van der Waals surface area contributed by atoms with Crippen molar-refractivity contribution >= 4 is 17.8 Å². The van der Waals surface area contributed by atoms with Crippen molar-refractivity contribution in [3.05, 3.63) is 95.7 Å². The number of carbonyl (C=O) groups excluding carboxylic acids is 2. The molecule has 7 heteroatoms. The van der Waals surface area contributed by atoms with Crippen molar-refractivity contribution in [1.29, 1.82) is 0 Å². The van der Waals surface area contributed by atoms with Crippen molar-refractivity contribution in [3.8, 4) is 22.7 Å². The topological polar surface area (TPSA) is 76.5 Å². The number of nitrogens with one attached hydrogen (secondary N) is 1. The molecule has 0 fully saturated rings. The fourth-order valence-electron chi connectivity index (χ4n) is 3.81. The van der Waals surface area contributed by atoms with E-state index in [1.807, 2.05) is 80.1 Å². The van der Waals surface area contributed by atoms with Gasteiger partial charge in [0.25, 0.3) is 5.91 Å². The van der Waals surface area contributed by atoms with Crippen LogP contribution in [0.15, 0.2) is 79.0 Å². The number of amides is 2. The van der Waals surface area contributed by atoms with E-state index in [1.54, 1.807) is 31.4 Å². The number of rotatable bonds is 8. The second kappa shape index (κ2) is 10.9. The van der Waals surface area contributed by atoms with Crippen LogP contribution < -0.4 is 10.1 Å². The third-order valence-corrected chi connectivity index (χ3v) is 5.96. The maximum absolute atomic E-state index is 13.1. The van der Waals surface area contributed by atoms with Crippen LogP contribution in [0.2, 0.25) is 0 Å². The number of methoxy groups -OCH3 is 1. The van der Waals surface area contributed by atoms with E-state index in [1.165, 1.54) is 4.90 Å². The Bertz CT molecular complexity index is 1340. The van der Waals surface area contributed by atoms with Gasteiger partial charge in [-0.25, -0.2) is 4.98 Å². The monoisotopic (exact) mass is 482 g/mol. The molecule has 4 aromatic rings. The molecule has 184 valence electrons. The predicted molar refractivity (Wildman–Crippen MR) is 142 cm³/mol. The van der Waals surface area contributed by atoms with E-state index in [2.05, 4.69) is 5.32 Å². The van der Waals surface area contributed by atoms with Crippen LogP contribution in [0.3, 0.4) is 0 Å². The average Bonchev–Trinajstić information content (AvgIpc) is 3.31. The standard InChI is InChI=1S/C29H30N4O3/c1-5-32(28(35)23-12-16-25(36-4)17-13-23)19-27(34)31-29-30-26(22-10-6-20(2)7-11-22)18-33(29)24-14-8-21(3)9-15-24/h6-18H,5,19H2,1-4H3,(H,30,31,34). The smallest absolute Gasteiger partial charge is 0.254 e. The lowest BCUT2D eigenvalue weighted by atomic mass is 10.1. The number of carbonyl (C=O) groups is 2. The first-order valence-corrected chi connectivity index (χ1v) is 11.8. The largest absolute Gasteiger partial charge is 0.497 e. The van der Waals surface area contributed by atoms with Gasteiger partial charge in [0.1, 0.15) is 12.3 Å². The van der Waals surface area contributed by atoms with Crippen molar-refractivity contribution < 1.29 is 14.3 Å². The number of imidazole rings is 1. The molecule has 0 saturated heterocycles. The average molecular weight is 483 g/mol. The van der Waals surface area contributed by atoms with Gasteiger partial charge in [-0.2, -0.15) is 0 Å². The van der Waals surface area contributed by atoms with Crippen molar-refractivity contribution in [2.24, 2.45) is 0 Å². The third kappa shape index (κ3) is 5.63.